The number of amides is 1. The Morgan fingerprint density at radius 1 is 1.11 bits per heavy atom. The highest BCUT2D eigenvalue weighted by Crippen LogP contribution is 2.33. The summed E-state index contributed by atoms with van der Waals surface area (Å²) in [5, 5.41) is 2.51. The van der Waals surface area contributed by atoms with Crippen molar-refractivity contribution < 1.29 is 23.5 Å². The summed E-state index contributed by atoms with van der Waals surface area (Å²) in [5.74, 6) is -1.25. The quantitative estimate of drug-likeness (QED) is 0.514. The lowest BCUT2D eigenvalue weighted by Gasteiger charge is -2.20. The van der Waals surface area contributed by atoms with E-state index in [4.69, 9.17) is 9.47 Å². The molecule has 2 heterocycles. The van der Waals surface area contributed by atoms with E-state index in [9.17, 15) is 14.0 Å². The normalized spacial score (nSPS) is 12.7. The van der Waals surface area contributed by atoms with Gasteiger partial charge in [0, 0.05) is 24.0 Å². The molecule has 0 bridgehead atoms. The lowest BCUT2D eigenvalue weighted by Crippen LogP contribution is -2.35. The largest absolute Gasteiger partial charge is 0.472 e. The van der Waals surface area contributed by atoms with Crippen LogP contribution in [0.15, 0.2) is 54.7 Å². The number of esters is 1. The second kappa shape index (κ2) is 10.1. The molecule has 3 aromatic rings. The molecule has 0 spiro atoms. The molecule has 8 nitrogen and oxygen atoms in total. The minimum atomic E-state index is -0.674. The van der Waals surface area contributed by atoms with E-state index in [1.807, 2.05) is 29.2 Å². The number of nitrogens with one attached hydrogen (secondary N) is 1. The Morgan fingerprint density at radius 3 is 2.63 bits per heavy atom. The van der Waals surface area contributed by atoms with Crippen LogP contribution in [-0.2, 0) is 22.6 Å². The van der Waals surface area contributed by atoms with Crippen molar-refractivity contribution in [3.63, 3.8) is 0 Å². The third-order valence-electron chi connectivity index (χ3n) is 5.25. The number of hydrogen-bond donors (Lipinski definition) is 1. The maximum Gasteiger partial charge on any atom is 0.325 e. The van der Waals surface area contributed by atoms with E-state index in [0.717, 1.165) is 12.1 Å². The number of para-hydroxylation sites is 1. The molecular weight excluding hydrogens is 451 g/mol. The molecular formula is C26H27FN4O4. The lowest BCUT2D eigenvalue weighted by atomic mass is 10.2. The smallest absolute Gasteiger partial charge is 0.325 e. The van der Waals surface area contributed by atoms with Gasteiger partial charge >= 0.3 is 5.97 Å². The van der Waals surface area contributed by atoms with Gasteiger partial charge in [-0.25, -0.2) is 9.37 Å². The summed E-state index contributed by atoms with van der Waals surface area (Å²) in [4.78, 5) is 35.7. The number of nitrogens with zero attached hydrogens (tertiary/aromatic N) is 3. The fraction of sp³-hybridized carbons (Fsp3) is 0.308. The minimum Gasteiger partial charge on any atom is -0.472 e. The molecule has 1 aromatic heterocycles. The Bertz CT molecular complexity index is 1240. The Labute approximate surface area is 203 Å². The first-order chi connectivity index (χ1) is 16.7. The molecule has 0 unspecified atom stereocenters. The first-order valence-corrected chi connectivity index (χ1v) is 11.3. The Kier molecular flexibility index (Phi) is 6.95. The van der Waals surface area contributed by atoms with Crippen LogP contribution in [0.3, 0.4) is 0 Å². The van der Waals surface area contributed by atoms with Crippen LogP contribution in [0, 0.1) is 5.82 Å². The Morgan fingerprint density at radius 2 is 1.86 bits per heavy atom. The number of carbonyl (C=O) groups is 2. The molecule has 0 atom stereocenters. The molecule has 0 saturated carbocycles. The van der Waals surface area contributed by atoms with Crippen LogP contribution in [0.2, 0.25) is 0 Å². The zero-order chi connectivity index (χ0) is 25.0. The molecule has 0 radical (unpaired) electrons. The van der Waals surface area contributed by atoms with E-state index in [1.165, 1.54) is 17.8 Å². The van der Waals surface area contributed by atoms with Crippen molar-refractivity contribution in [2.24, 2.45) is 0 Å². The number of anilines is 2. The fourth-order valence-electron chi connectivity index (χ4n) is 3.69. The molecule has 0 saturated heterocycles. The monoisotopic (exact) mass is 478 g/mol. The van der Waals surface area contributed by atoms with E-state index in [-0.39, 0.29) is 24.6 Å². The number of hydrogen-bond acceptors (Lipinski definition) is 7. The second-order valence-corrected chi connectivity index (χ2v) is 9.07. The van der Waals surface area contributed by atoms with Gasteiger partial charge in [-0.2, -0.15) is 4.98 Å². The summed E-state index contributed by atoms with van der Waals surface area (Å²) in [6, 6.07) is 14.1. The number of rotatable bonds is 7. The molecule has 1 aliphatic heterocycles. The first kappa shape index (κ1) is 24.1. The molecule has 182 valence electrons. The molecule has 35 heavy (non-hydrogen) atoms. The van der Waals surface area contributed by atoms with Crippen LogP contribution in [-0.4, -0.2) is 40.5 Å². The molecule has 4 rings (SSSR count). The van der Waals surface area contributed by atoms with E-state index >= 15 is 0 Å². The fourth-order valence-corrected chi connectivity index (χ4v) is 3.69. The van der Waals surface area contributed by atoms with Crippen LogP contribution in [0.5, 0.6) is 5.88 Å². The van der Waals surface area contributed by atoms with Crippen molar-refractivity contribution in [1.82, 2.24) is 15.3 Å². The third kappa shape index (κ3) is 5.92. The van der Waals surface area contributed by atoms with Crippen LogP contribution in [0.25, 0.3) is 0 Å². The van der Waals surface area contributed by atoms with Gasteiger partial charge < -0.3 is 19.7 Å². The van der Waals surface area contributed by atoms with Gasteiger partial charge in [0.1, 0.15) is 30.1 Å². The van der Waals surface area contributed by atoms with Crippen LogP contribution in [0.1, 0.15) is 42.3 Å². The Hall–Kier alpha value is -4.01. The van der Waals surface area contributed by atoms with Gasteiger partial charge in [0.15, 0.2) is 0 Å². The number of aromatic nitrogens is 2. The molecule has 1 amide bonds. The summed E-state index contributed by atoms with van der Waals surface area (Å²) in [6.07, 6.45) is 2.19. The van der Waals surface area contributed by atoms with Gasteiger partial charge in [-0.1, -0.05) is 36.4 Å². The van der Waals surface area contributed by atoms with E-state index in [0.29, 0.717) is 18.1 Å². The maximum atomic E-state index is 14.1. The zero-order valence-corrected chi connectivity index (χ0v) is 19.9. The average molecular weight is 479 g/mol. The van der Waals surface area contributed by atoms with Crippen molar-refractivity contribution >= 4 is 23.5 Å². The summed E-state index contributed by atoms with van der Waals surface area (Å²) in [5.41, 5.74) is 1.83. The number of benzene rings is 2. The third-order valence-corrected chi connectivity index (χ3v) is 5.25. The minimum absolute atomic E-state index is 0.00989. The van der Waals surface area contributed by atoms with Crippen molar-refractivity contribution in [2.45, 2.75) is 39.4 Å². The van der Waals surface area contributed by atoms with Gasteiger partial charge in [-0.05, 0) is 44.9 Å². The first-order valence-electron chi connectivity index (χ1n) is 11.3. The molecule has 0 aliphatic carbocycles. The summed E-state index contributed by atoms with van der Waals surface area (Å²) >= 11 is 0. The van der Waals surface area contributed by atoms with Crippen LogP contribution in [0.4, 0.5) is 16.0 Å². The topological polar surface area (TPSA) is 93.6 Å². The average Bonchev–Trinajstić information content (AvgIpc) is 3.25. The molecule has 1 N–H and O–H groups in total. The van der Waals surface area contributed by atoms with Crippen molar-refractivity contribution in [2.75, 3.05) is 18.0 Å². The summed E-state index contributed by atoms with van der Waals surface area (Å²) in [6.45, 7) is 5.44. The van der Waals surface area contributed by atoms with E-state index in [2.05, 4.69) is 15.3 Å². The SMILES string of the molecule is CC(C)(C)OC(=O)CNC(=O)c1cnc(N2CCc3ccccc32)nc1OCc1ccccc1F. The highest BCUT2D eigenvalue weighted by Gasteiger charge is 2.25. The van der Waals surface area contributed by atoms with Gasteiger partial charge in [-0.3, -0.25) is 9.59 Å². The van der Waals surface area contributed by atoms with Gasteiger partial charge in [0.05, 0.1) is 0 Å². The predicted octanol–water partition coefficient (Wildman–Crippen LogP) is 3.96. The second-order valence-electron chi connectivity index (χ2n) is 9.07. The standard InChI is InChI=1S/C26H27FN4O4/c1-26(2,3)35-22(32)15-28-23(33)19-14-29-25(31-13-12-17-8-5-7-11-21(17)31)30-24(19)34-16-18-9-4-6-10-20(18)27/h4-11,14H,12-13,15-16H2,1-3H3,(H,28,33). The van der Waals surface area contributed by atoms with E-state index in [1.54, 1.807) is 39.0 Å². The van der Waals surface area contributed by atoms with Crippen molar-refractivity contribution in [1.29, 1.82) is 0 Å². The number of halogens is 1. The zero-order valence-electron chi connectivity index (χ0n) is 19.9. The predicted molar refractivity (Wildman–Crippen MR) is 128 cm³/mol. The molecule has 9 heteroatoms. The number of fused-ring (bicyclic) bond motifs is 1. The van der Waals surface area contributed by atoms with Gasteiger partial charge in [0.2, 0.25) is 11.8 Å². The van der Waals surface area contributed by atoms with Crippen LogP contribution < -0.4 is 15.0 Å². The maximum absolute atomic E-state index is 14.1. The molecule has 2 aromatic carbocycles. The number of carbonyl (C=O) groups excluding carboxylic acids is 2. The molecule has 0 fully saturated rings. The van der Waals surface area contributed by atoms with Crippen molar-refractivity contribution in [3.05, 3.63) is 77.2 Å². The van der Waals surface area contributed by atoms with E-state index < -0.39 is 23.3 Å². The highest BCUT2D eigenvalue weighted by atomic mass is 19.1. The number of ether oxygens (including phenoxy) is 2. The van der Waals surface area contributed by atoms with Crippen molar-refractivity contribution in [3.8, 4) is 5.88 Å². The van der Waals surface area contributed by atoms with Gasteiger partial charge in [0.25, 0.3) is 5.91 Å². The highest BCUT2D eigenvalue weighted by molar-refractivity contribution is 5.97. The summed E-state index contributed by atoms with van der Waals surface area (Å²) < 4.78 is 25.2. The van der Waals surface area contributed by atoms with Crippen LogP contribution >= 0.6 is 0 Å². The lowest BCUT2D eigenvalue weighted by molar-refractivity contribution is -0.153. The Balaban J connectivity index is 1.58. The summed E-state index contributed by atoms with van der Waals surface area (Å²) in [7, 11) is 0. The molecule has 1 aliphatic rings. The van der Waals surface area contributed by atoms with Gasteiger partial charge in [-0.15, -0.1) is 0 Å².